The number of aryl methyl sites for hydroxylation is 1. The zero-order valence-corrected chi connectivity index (χ0v) is 10.3. The molecule has 1 atom stereocenters. The Kier molecular flexibility index (Phi) is 5.12. The summed E-state index contributed by atoms with van der Waals surface area (Å²) >= 11 is 0. The predicted octanol–water partition coefficient (Wildman–Crippen LogP) is 0.810. The molecule has 0 aliphatic carbocycles. The van der Waals surface area contributed by atoms with Gasteiger partial charge < -0.3 is 15.1 Å². The van der Waals surface area contributed by atoms with Crippen LogP contribution in [-0.4, -0.2) is 46.8 Å². The van der Waals surface area contributed by atoms with Gasteiger partial charge in [0.05, 0.1) is 12.7 Å². The number of amides is 1. The molecule has 4 heteroatoms. The quantitative estimate of drug-likeness (QED) is 0.796. The third kappa shape index (κ3) is 4.17. The first-order valence-corrected chi connectivity index (χ1v) is 5.69. The topological polar surface area (TPSA) is 60.8 Å². The lowest BCUT2D eigenvalue weighted by Crippen LogP contribution is -2.38. The summed E-state index contributed by atoms with van der Waals surface area (Å²) in [4.78, 5) is 13.5. The van der Waals surface area contributed by atoms with Crippen molar-refractivity contribution < 1.29 is 15.0 Å². The van der Waals surface area contributed by atoms with Gasteiger partial charge in [-0.05, 0) is 26.0 Å². The zero-order valence-electron chi connectivity index (χ0n) is 10.3. The van der Waals surface area contributed by atoms with Gasteiger partial charge >= 0.3 is 0 Å². The number of hydrogen-bond acceptors (Lipinski definition) is 3. The van der Waals surface area contributed by atoms with Crippen molar-refractivity contribution in [3.63, 3.8) is 0 Å². The van der Waals surface area contributed by atoms with Crippen molar-refractivity contribution in [1.82, 2.24) is 4.90 Å². The normalized spacial score (nSPS) is 12.2. The van der Waals surface area contributed by atoms with Crippen molar-refractivity contribution in [2.75, 3.05) is 19.7 Å². The molecular formula is C13H19NO3. The van der Waals surface area contributed by atoms with Crippen LogP contribution in [0.5, 0.6) is 0 Å². The fraction of sp³-hybridized carbons (Fsp3) is 0.462. The van der Waals surface area contributed by atoms with Crippen LogP contribution >= 0.6 is 0 Å². The maximum absolute atomic E-state index is 12.1. The summed E-state index contributed by atoms with van der Waals surface area (Å²) in [6.07, 6.45) is -0.601. The molecule has 94 valence electrons. The lowest BCUT2D eigenvalue weighted by molar-refractivity contribution is 0.0605. The Bertz CT molecular complexity index is 359. The van der Waals surface area contributed by atoms with Crippen LogP contribution in [0.15, 0.2) is 24.3 Å². The molecule has 2 N–H and O–H groups in total. The summed E-state index contributed by atoms with van der Waals surface area (Å²) in [7, 11) is 0. The largest absolute Gasteiger partial charge is 0.395 e. The highest BCUT2D eigenvalue weighted by atomic mass is 16.3. The molecule has 0 saturated heterocycles. The molecule has 0 saturated carbocycles. The van der Waals surface area contributed by atoms with Crippen LogP contribution in [0.25, 0.3) is 0 Å². The van der Waals surface area contributed by atoms with Crippen LogP contribution in [0.1, 0.15) is 22.8 Å². The summed E-state index contributed by atoms with van der Waals surface area (Å²) < 4.78 is 0. The van der Waals surface area contributed by atoms with Crippen LogP contribution in [-0.2, 0) is 0 Å². The second-order valence-electron chi connectivity index (χ2n) is 4.19. The second-order valence-corrected chi connectivity index (χ2v) is 4.19. The summed E-state index contributed by atoms with van der Waals surface area (Å²) in [5, 5.41) is 18.2. The number of nitrogens with zero attached hydrogens (tertiary/aromatic N) is 1. The first-order chi connectivity index (χ1) is 8.04. The average molecular weight is 237 g/mol. The highest BCUT2D eigenvalue weighted by Gasteiger charge is 2.16. The van der Waals surface area contributed by atoms with E-state index < -0.39 is 6.10 Å². The third-order valence-electron chi connectivity index (χ3n) is 2.44. The van der Waals surface area contributed by atoms with Crippen molar-refractivity contribution in [3.05, 3.63) is 35.4 Å². The SMILES string of the molecule is Cc1ccc(C(=O)N(CCO)CC(C)O)cc1. The molecule has 1 aromatic rings. The average Bonchev–Trinajstić information content (AvgIpc) is 2.28. The molecular weight excluding hydrogens is 218 g/mol. The Morgan fingerprint density at radius 1 is 1.35 bits per heavy atom. The molecule has 1 unspecified atom stereocenters. The van der Waals surface area contributed by atoms with Gasteiger partial charge in [-0.2, -0.15) is 0 Å². The fourth-order valence-corrected chi connectivity index (χ4v) is 1.59. The molecule has 0 aromatic heterocycles. The van der Waals surface area contributed by atoms with Crippen molar-refractivity contribution in [2.24, 2.45) is 0 Å². The van der Waals surface area contributed by atoms with Crippen LogP contribution in [0.2, 0.25) is 0 Å². The molecule has 4 nitrogen and oxygen atoms in total. The smallest absolute Gasteiger partial charge is 0.254 e. The zero-order chi connectivity index (χ0) is 12.8. The van der Waals surface area contributed by atoms with E-state index in [2.05, 4.69) is 0 Å². The highest BCUT2D eigenvalue weighted by Crippen LogP contribution is 2.07. The molecule has 0 heterocycles. The van der Waals surface area contributed by atoms with Gasteiger partial charge in [0.25, 0.3) is 5.91 Å². The van der Waals surface area contributed by atoms with Gasteiger partial charge in [0.2, 0.25) is 0 Å². The lowest BCUT2D eigenvalue weighted by atomic mass is 10.1. The van der Waals surface area contributed by atoms with Gasteiger partial charge in [0.1, 0.15) is 0 Å². The first-order valence-electron chi connectivity index (χ1n) is 5.69. The molecule has 0 aliphatic heterocycles. The van der Waals surface area contributed by atoms with Gasteiger partial charge in [-0.1, -0.05) is 17.7 Å². The minimum Gasteiger partial charge on any atom is -0.395 e. The minimum atomic E-state index is -0.601. The molecule has 0 bridgehead atoms. The number of rotatable bonds is 5. The summed E-state index contributed by atoms with van der Waals surface area (Å²) in [5.41, 5.74) is 1.66. The molecule has 17 heavy (non-hydrogen) atoms. The fourth-order valence-electron chi connectivity index (χ4n) is 1.59. The number of hydrogen-bond donors (Lipinski definition) is 2. The number of aliphatic hydroxyl groups excluding tert-OH is 2. The Morgan fingerprint density at radius 2 is 1.94 bits per heavy atom. The van der Waals surface area contributed by atoms with E-state index in [-0.39, 0.29) is 25.6 Å². The van der Waals surface area contributed by atoms with E-state index in [0.717, 1.165) is 5.56 Å². The first kappa shape index (κ1) is 13.7. The number of carbonyl (C=O) groups is 1. The van der Waals surface area contributed by atoms with Crippen molar-refractivity contribution in [3.8, 4) is 0 Å². The Morgan fingerprint density at radius 3 is 2.41 bits per heavy atom. The minimum absolute atomic E-state index is 0.107. The maximum atomic E-state index is 12.1. The van der Waals surface area contributed by atoms with Gasteiger partial charge in [-0.25, -0.2) is 0 Å². The van der Waals surface area contributed by atoms with Crippen molar-refractivity contribution >= 4 is 5.91 Å². The van der Waals surface area contributed by atoms with E-state index >= 15 is 0 Å². The van der Waals surface area contributed by atoms with E-state index in [1.165, 1.54) is 4.90 Å². The van der Waals surface area contributed by atoms with Crippen LogP contribution in [0.3, 0.4) is 0 Å². The summed E-state index contributed by atoms with van der Waals surface area (Å²) in [6.45, 7) is 3.93. The van der Waals surface area contributed by atoms with E-state index in [4.69, 9.17) is 5.11 Å². The second kappa shape index (κ2) is 6.37. The van der Waals surface area contributed by atoms with Crippen molar-refractivity contribution in [2.45, 2.75) is 20.0 Å². The van der Waals surface area contributed by atoms with Crippen molar-refractivity contribution in [1.29, 1.82) is 0 Å². The Labute approximate surface area is 101 Å². The Balaban J connectivity index is 2.79. The van der Waals surface area contributed by atoms with E-state index in [0.29, 0.717) is 5.56 Å². The van der Waals surface area contributed by atoms with Crippen LogP contribution in [0.4, 0.5) is 0 Å². The summed E-state index contributed by atoms with van der Waals surface area (Å²) in [6, 6.07) is 7.24. The summed E-state index contributed by atoms with van der Waals surface area (Å²) in [5.74, 6) is -0.167. The van der Waals surface area contributed by atoms with E-state index in [1.807, 2.05) is 19.1 Å². The predicted molar refractivity (Wildman–Crippen MR) is 65.8 cm³/mol. The Hall–Kier alpha value is -1.39. The molecule has 0 aliphatic rings. The third-order valence-corrected chi connectivity index (χ3v) is 2.44. The maximum Gasteiger partial charge on any atom is 0.254 e. The number of aliphatic hydroxyl groups is 2. The standard InChI is InChI=1S/C13H19NO3/c1-10-3-5-12(6-4-10)13(17)14(7-8-15)9-11(2)16/h3-6,11,15-16H,7-9H2,1-2H3. The molecule has 1 aromatic carbocycles. The van der Waals surface area contributed by atoms with Gasteiger partial charge in [0, 0.05) is 18.7 Å². The van der Waals surface area contributed by atoms with Gasteiger partial charge in [-0.15, -0.1) is 0 Å². The van der Waals surface area contributed by atoms with Gasteiger partial charge in [0.15, 0.2) is 0 Å². The number of benzene rings is 1. The van der Waals surface area contributed by atoms with E-state index in [1.54, 1.807) is 19.1 Å². The lowest BCUT2D eigenvalue weighted by Gasteiger charge is -2.23. The monoisotopic (exact) mass is 237 g/mol. The number of carbonyl (C=O) groups excluding carboxylic acids is 1. The van der Waals surface area contributed by atoms with Crippen LogP contribution < -0.4 is 0 Å². The van der Waals surface area contributed by atoms with Gasteiger partial charge in [-0.3, -0.25) is 4.79 Å². The molecule has 0 spiro atoms. The van der Waals surface area contributed by atoms with E-state index in [9.17, 15) is 9.90 Å². The molecule has 1 amide bonds. The van der Waals surface area contributed by atoms with Crippen LogP contribution in [0, 0.1) is 6.92 Å². The molecule has 0 fully saturated rings. The molecule has 1 rings (SSSR count). The highest BCUT2D eigenvalue weighted by molar-refractivity contribution is 5.94. The molecule has 0 radical (unpaired) electrons.